The van der Waals surface area contributed by atoms with Gasteiger partial charge in [0.05, 0.1) is 12.7 Å². The number of hydrogen-bond acceptors (Lipinski definition) is 8. The summed E-state index contributed by atoms with van der Waals surface area (Å²) in [5.41, 5.74) is 0. The Bertz CT molecular complexity index is 310. The van der Waals surface area contributed by atoms with Gasteiger partial charge >= 0.3 is 5.97 Å². The summed E-state index contributed by atoms with van der Waals surface area (Å²) >= 11 is 0. The lowest BCUT2D eigenvalue weighted by molar-refractivity contribution is -0.284. The molecule has 1 aliphatic rings. The zero-order chi connectivity index (χ0) is 13.0. The molecule has 0 aromatic carbocycles. The fourth-order valence-corrected chi connectivity index (χ4v) is 1.09. The smallest absolute Gasteiger partial charge is 0.378 e. The summed E-state index contributed by atoms with van der Waals surface area (Å²) < 4.78 is 4.56. The molecule has 0 fully saturated rings. The first-order valence-corrected chi connectivity index (χ1v) is 4.88. The predicted octanol–water partition coefficient (Wildman–Crippen LogP) is -1.64. The van der Waals surface area contributed by atoms with E-state index in [2.05, 4.69) is 14.5 Å². The fourth-order valence-electron chi connectivity index (χ4n) is 1.09. The van der Waals surface area contributed by atoms with E-state index in [-0.39, 0.29) is 6.61 Å². The van der Waals surface area contributed by atoms with Gasteiger partial charge in [-0.3, -0.25) is 0 Å². The van der Waals surface area contributed by atoms with Crippen LogP contribution in [0, 0.1) is 0 Å². The number of esters is 1. The van der Waals surface area contributed by atoms with Gasteiger partial charge in [-0.25, -0.2) is 4.79 Å². The summed E-state index contributed by atoms with van der Waals surface area (Å²) in [5.74, 6) is -2.36. The van der Waals surface area contributed by atoms with Gasteiger partial charge in [-0.05, 0) is 6.92 Å². The van der Waals surface area contributed by atoms with Crippen molar-refractivity contribution in [2.75, 3.05) is 13.2 Å². The Morgan fingerprint density at radius 3 is 2.65 bits per heavy atom. The van der Waals surface area contributed by atoms with Gasteiger partial charge in [-0.1, -0.05) is 0 Å². The highest BCUT2D eigenvalue weighted by molar-refractivity contribution is 5.89. The van der Waals surface area contributed by atoms with Gasteiger partial charge in [0.15, 0.2) is 6.10 Å². The molecule has 8 heteroatoms. The van der Waals surface area contributed by atoms with E-state index in [1.54, 1.807) is 0 Å². The molecule has 1 aliphatic heterocycles. The van der Waals surface area contributed by atoms with E-state index in [1.165, 1.54) is 6.92 Å². The van der Waals surface area contributed by atoms with Crippen LogP contribution in [0.25, 0.3) is 0 Å². The summed E-state index contributed by atoms with van der Waals surface area (Å²) in [6.45, 7) is 0.551. The minimum atomic E-state index is -1.44. The Balaban J connectivity index is 2.66. The molecule has 0 aromatic heterocycles. The number of cyclic esters (lactones) is 1. The fraction of sp³-hybridized carbons (Fsp3) is 0.667. The van der Waals surface area contributed by atoms with Crippen LogP contribution in [-0.2, 0) is 19.3 Å². The summed E-state index contributed by atoms with van der Waals surface area (Å²) in [5, 5.41) is 36.2. The van der Waals surface area contributed by atoms with Crippen LogP contribution in [0.5, 0.6) is 0 Å². The van der Waals surface area contributed by atoms with Gasteiger partial charge in [0, 0.05) is 0 Å². The van der Waals surface area contributed by atoms with Crippen molar-refractivity contribution in [1.82, 2.24) is 0 Å². The molecular weight excluding hydrogens is 236 g/mol. The third kappa shape index (κ3) is 3.30. The number of aliphatic hydroxyl groups is 4. The number of hydrogen-bond donors (Lipinski definition) is 4. The van der Waals surface area contributed by atoms with Crippen molar-refractivity contribution in [3.8, 4) is 0 Å². The number of aliphatic hydroxyl groups excluding tert-OH is 4. The van der Waals surface area contributed by atoms with Crippen LogP contribution in [0.2, 0.25) is 0 Å². The van der Waals surface area contributed by atoms with Crippen LogP contribution in [-0.4, -0.2) is 57.9 Å². The summed E-state index contributed by atoms with van der Waals surface area (Å²) in [6, 6.07) is 0. The first kappa shape index (κ1) is 13.7. The summed E-state index contributed by atoms with van der Waals surface area (Å²) in [4.78, 5) is 20.1. The van der Waals surface area contributed by atoms with E-state index < -0.39 is 42.4 Å². The third-order valence-electron chi connectivity index (χ3n) is 1.91. The van der Waals surface area contributed by atoms with Crippen LogP contribution in [0.4, 0.5) is 0 Å². The van der Waals surface area contributed by atoms with Crippen molar-refractivity contribution < 1.29 is 39.7 Å². The van der Waals surface area contributed by atoms with Crippen molar-refractivity contribution >= 4 is 5.97 Å². The Morgan fingerprint density at radius 2 is 2.12 bits per heavy atom. The Morgan fingerprint density at radius 1 is 1.47 bits per heavy atom. The molecule has 0 saturated carbocycles. The molecule has 0 spiro atoms. The van der Waals surface area contributed by atoms with Gasteiger partial charge in [0.2, 0.25) is 11.5 Å². The highest BCUT2D eigenvalue weighted by Crippen LogP contribution is 2.24. The molecule has 0 radical (unpaired) electrons. The second-order valence-corrected chi connectivity index (χ2v) is 3.51. The zero-order valence-corrected chi connectivity index (χ0v) is 9.07. The van der Waals surface area contributed by atoms with Crippen LogP contribution < -0.4 is 0 Å². The molecule has 1 heterocycles. The van der Waals surface area contributed by atoms with E-state index in [9.17, 15) is 15.0 Å². The maximum Gasteiger partial charge on any atom is 0.378 e. The molecule has 8 nitrogen and oxygen atoms in total. The molecule has 4 N–H and O–H groups in total. The van der Waals surface area contributed by atoms with E-state index in [4.69, 9.17) is 10.2 Å². The van der Waals surface area contributed by atoms with Gasteiger partial charge in [0.1, 0.15) is 12.7 Å². The molecule has 0 saturated heterocycles. The molecule has 1 rings (SSSR count). The van der Waals surface area contributed by atoms with Crippen molar-refractivity contribution in [2.24, 2.45) is 0 Å². The molecule has 3 atom stereocenters. The Kier molecular flexibility index (Phi) is 4.70. The van der Waals surface area contributed by atoms with Crippen LogP contribution >= 0.6 is 0 Å². The number of carbonyl (C=O) groups excluding carboxylic acids is 1. The first-order chi connectivity index (χ1) is 7.97. The monoisotopic (exact) mass is 250 g/mol. The second kappa shape index (κ2) is 5.82. The van der Waals surface area contributed by atoms with E-state index in [0.717, 1.165) is 0 Å². The predicted molar refractivity (Wildman–Crippen MR) is 51.3 cm³/mol. The van der Waals surface area contributed by atoms with E-state index in [0.29, 0.717) is 0 Å². The topological polar surface area (TPSA) is 126 Å². The van der Waals surface area contributed by atoms with Crippen molar-refractivity contribution in [2.45, 2.75) is 25.2 Å². The van der Waals surface area contributed by atoms with Crippen LogP contribution in [0.15, 0.2) is 11.5 Å². The normalized spacial score (nSPS) is 23.5. The Hall–Kier alpha value is -1.35. The Labute approximate surface area is 96.6 Å². The summed E-state index contributed by atoms with van der Waals surface area (Å²) in [7, 11) is 0. The molecule has 0 aliphatic carbocycles. The average Bonchev–Trinajstić information content (AvgIpc) is 2.55. The quantitative estimate of drug-likeness (QED) is 0.251. The van der Waals surface area contributed by atoms with Gasteiger partial charge in [-0.15, -0.1) is 0 Å². The highest BCUT2D eigenvalue weighted by Gasteiger charge is 2.41. The maximum absolute atomic E-state index is 11.0. The minimum absolute atomic E-state index is 0.201. The van der Waals surface area contributed by atoms with E-state index in [1.807, 2.05) is 0 Å². The second-order valence-electron chi connectivity index (χ2n) is 3.51. The molecule has 0 amide bonds. The minimum Gasteiger partial charge on any atom is -0.499 e. The number of ether oxygens (including phenoxy) is 1. The van der Waals surface area contributed by atoms with Crippen molar-refractivity contribution in [1.29, 1.82) is 0 Å². The van der Waals surface area contributed by atoms with E-state index >= 15 is 0 Å². The lowest BCUT2D eigenvalue weighted by Gasteiger charge is -2.17. The standard InChI is InChI=1S/C9H14O8/c1-4(11)3-15-17-8-6(13)9(14)16-7(8)5(12)2-10/h4-5,7,10-13H,2-3H2,1H3/t4-,5+,7-/m1/s1. The molecule has 0 unspecified atom stereocenters. The van der Waals surface area contributed by atoms with Crippen molar-refractivity contribution in [3.63, 3.8) is 0 Å². The highest BCUT2D eigenvalue weighted by atomic mass is 17.2. The number of carbonyl (C=O) groups is 1. The molecule has 0 bridgehead atoms. The average molecular weight is 250 g/mol. The lowest BCUT2D eigenvalue weighted by Crippen LogP contribution is -2.32. The summed E-state index contributed by atoms with van der Waals surface area (Å²) in [6.07, 6.45) is -3.58. The molecule has 98 valence electrons. The zero-order valence-electron chi connectivity index (χ0n) is 9.07. The lowest BCUT2D eigenvalue weighted by atomic mass is 10.2. The third-order valence-corrected chi connectivity index (χ3v) is 1.91. The van der Waals surface area contributed by atoms with Crippen molar-refractivity contribution in [3.05, 3.63) is 11.5 Å². The molecule has 0 aromatic rings. The molecular formula is C9H14O8. The van der Waals surface area contributed by atoms with Gasteiger partial charge in [-0.2, -0.15) is 4.89 Å². The van der Waals surface area contributed by atoms with Gasteiger partial charge < -0.3 is 30.1 Å². The molecule has 17 heavy (non-hydrogen) atoms. The number of rotatable bonds is 6. The first-order valence-electron chi connectivity index (χ1n) is 4.88. The maximum atomic E-state index is 11.0. The van der Waals surface area contributed by atoms with Crippen LogP contribution in [0.1, 0.15) is 6.92 Å². The SMILES string of the molecule is C[C@@H](O)COOC1=C(O)C(=O)O[C@@H]1[C@@H](O)CO. The van der Waals surface area contributed by atoms with Gasteiger partial charge in [0.25, 0.3) is 0 Å². The van der Waals surface area contributed by atoms with Crippen LogP contribution in [0.3, 0.4) is 0 Å². The largest absolute Gasteiger partial charge is 0.499 e.